The van der Waals surface area contributed by atoms with Gasteiger partial charge in [0.2, 0.25) is 21.5 Å². The van der Waals surface area contributed by atoms with Gasteiger partial charge in [0.15, 0.2) is 0 Å². The van der Waals surface area contributed by atoms with Crippen molar-refractivity contribution < 1.29 is 18.0 Å². The number of hydrogen-bond donors (Lipinski definition) is 3. The maximum Gasteiger partial charge on any atom is 0.255 e. The summed E-state index contributed by atoms with van der Waals surface area (Å²) < 4.78 is 27.4. The molecule has 42 heavy (non-hydrogen) atoms. The number of rotatable bonds is 8. The van der Waals surface area contributed by atoms with Crippen molar-refractivity contribution in [1.82, 2.24) is 19.9 Å². The molecule has 1 saturated carbocycles. The first-order chi connectivity index (χ1) is 20.0. The summed E-state index contributed by atoms with van der Waals surface area (Å²) in [6.07, 6.45) is 4.21. The average molecular weight is 632 g/mol. The summed E-state index contributed by atoms with van der Waals surface area (Å²) in [6.45, 7) is 0.244. The molecule has 0 bridgehead atoms. The van der Waals surface area contributed by atoms with E-state index in [4.69, 9.17) is 23.2 Å². The summed E-state index contributed by atoms with van der Waals surface area (Å²) in [7, 11) is -3.58. The zero-order valence-electron chi connectivity index (χ0n) is 23.0. The lowest BCUT2D eigenvalue weighted by Gasteiger charge is -2.49. The van der Waals surface area contributed by atoms with Gasteiger partial charge in [0.25, 0.3) is 5.91 Å². The Kier molecular flexibility index (Phi) is 9.08. The molecule has 0 spiro atoms. The summed E-state index contributed by atoms with van der Waals surface area (Å²) in [6, 6.07) is 14.9. The number of halogens is 2. The SMILES string of the molecule is CS(=O)(=O)N[C@H]1CCCCC1N1C(=O)c2ccccc2[C@@H](C(=O)NCCc2cccc(=O)[nH]2)[C@@H]1c1ccc(Cl)cc1Cl. The fourth-order valence-corrected chi connectivity index (χ4v) is 7.54. The standard InChI is InChI=1S/C30H32Cl2N4O5S/c1-42(40,41)35-24-10-4-5-11-25(24)36-28(22-14-13-18(31)17-23(22)32)27(20-8-2-3-9-21(20)30(36)39)29(38)33-16-15-19-7-6-12-26(37)34-19/h2-3,6-9,12-14,17,24-25,27-28,35H,4-5,10-11,15-16H2,1H3,(H,33,38)(H,34,37)/t24-,25?,27+,28-/m0/s1. The smallest absolute Gasteiger partial charge is 0.255 e. The van der Waals surface area contributed by atoms with E-state index in [1.807, 2.05) is 0 Å². The Labute approximate surface area is 254 Å². The molecule has 12 heteroatoms. The molecule has 0 radical (unpaired) electrons. The van der Waals surface area contributed by atoms with Crippen LogP contribution in [-0.4, -0.2) is 55.0 Å². The van der Waals surface area contributed by atoms with Crippen molar-refractivity contribution in [3.63, 3.8) is 0 Å². The third-order valence-corrected chi connectivity index (χ3v) is 9.21. The highest BCUT2D eigenvalue weighted by atomic mass is 35.5. The maximum absolute atomic E-state index is 14.3. The molecule has 2 amide bonds. The number of nitrogens with one attached hydrogen (secondary N) is 3. The van der Waals surface area contributed by atoms with Gasteiger partial charge in [-0.3, -0.25) is 14.4 Å². The van der Waals surface area contributed by atoms with E-state index in [0.29, 0.717) is 51.7 Å². The number of aromatic amines is 1. The van der Waals surface area contributed by atoms with Gasteiger partial charge in [-0.15, -0.1) is 0 Å². The largest absolute Gasteiger partial charge is 0.355 e. The van der Waals surface area contributed by atoms with Gasteiger partial charge in [0.1, 0.15) is 0 Å². The zero-order chi connectivity index (χ0) is 30.0. The molecule has 0 saturated heterocycles. The number of hydrogen-bond acceptors (Lipinski definition) is 5. The number of carbonyl (C=O) groups is 2. The van der Waals surface area contributed by atoms with Gasteiger partial charge in [-0.1, -0.05) is 66.4 Å². The minimum Gasteiger partial charge on any atom is -0.355 e. The quantitative estimate of drug-likeness (QED) is 0.344. The molecule has 222 valence electrons. The molecule has 1 fully saturated rings. The number of sulfonamides is 1. The number of nitrogens with zero attached hydrogens (tertiary/aromatic N) is 1. The highest BCUT2D eigenvalue weighted by molar-refractivity contribution is 7.88. The van der Waals surface area contributed by atoms with E-state index >= 15 is 0 Å². The molecule has 4 atom stereocenters. The summed E-state index contributed by atoms with van der Waals surface area (Å²) in [5, 5.41) is 3.71. The van der Waals surface area contributed by atoms with Gasteiger partial charge < -0.3 is 15.2 Å². The van der Waals surface area contributed by atoms with Crippen LogP contribution < -0.4 is 15.6 Å². The first-order valence-electron chi connectivity index (χ1n) is 13.8. The second kappa shape index (κ2) is 12.6. The van der Waals surface area contributed by atoms with Crippen LogP contribution in [0, 0.1) is 0 Å². The second-order valence-corrected chi connectivity index (χ2v) is 13.4. The van der Waals surface area contributed by atoms with Crippen molar-refractivity contribution in [2.24, 2.45) is 0 Å². The van der Waals surface area contributed by atoms with Crippen molar-refractivity contribution in [2.75, 3.05) is 12.8 Å². The molecule has 1 aliphatic carbocycles. The summed E-state index contributed by atoms with van der Waals surface area (Å²) in [5.41, 5.74) is 1.94. The van der Waals surface area contributed by atoms with Crippen molar-refractivity contribution in [1.29, 1.82) is 0 Å². The number of fused-ring (bicyclic) bond motifs is 1. The van der Waals surface area contributed by atoms with Crippen LogP contribution in [0.2, 0.25) is 10.0 Å². The Hall–Kier alpha value is -3.18. The third-order valence-electron chi connectivity index (χ3n) is 7.91. The normalized spacial score (nSPS) is 22.5. The van der Waals surface area contributed by atoms with E-state index in [0.717, 1.165) is 19.1 Å². The van der Waals surface area contributed by atoms with Gasteiger partial charge in [0, 0.05) is 52.4 Å². The Balaban J connectivity index is 1.59. The Morgan fingerprint density at radius 3 is 2.50 bits per heavy atom. The van der Waals surface area contributed by atoms with Crippen molar-refractivity contribution in [3.8, 4) is 0 Å². The minimum absolute atomic E-state index is 0.226. The van der Waals surface area contributed by atoms with E-state index in [1.54, 1.807) is 59.5 Å². The number of carbonyl (C=O) groups excluding carboxylic acids is 2. The molecular formula is C30H32Cl2N4O5S. The van der Waals surface area contributed by atoms with Crippen LogP contribution in [0.1, 0.15) is 64.8 Å². The Bertz CT molecular complexity index is 1660. The number of pyridine rings is 1. The molecule has 1 aliphatic heterocycles. The van der Waals surface area contributed by atoms with Crippen LogP contribution in [0.25, 0.3) is 0 Å². The van der Waals surface area contributed by atoms with Gasteiger partial charge in [0.05, 0.1) is 18.2 Å². The predicted molar refractivity (Wildman–Crippen MR) is 162 cm³/mol. The molecule has 2 aromatic carbocycles. The molecule has 2 aliphatic rings. The first kappa shape index (κ1) is 30.3. The lowest BCUT2D eigenvalue weighted by molar-refractivity contribution is -0.124. The molecule has 9 nitrogen and oxygen atoms in total. The topological polar surface area (TPSA) is 128 Å². The van der Waals surface area contributed by atoms with E-state index in [-0.39, 0.29) is 23.9 Å². The monoisotopic (exact) mass is 630 g/mol. The Morgan fingerprint density at radius 1 is 1.00 bits per heavy atom. The van der Waals surface area contributed by atoms with Crippen molar-refractivity contribution in [3.05, 3.63) is 103 Å². The molecule has 2 heterocycles. The second-order valence-electron chi connectivity index (χ2n) is 10.8. The molecule has 1 unspecified atom stereocenters. The highest BCUT2D eigenvalue weighted by Gasteiger charge is 2.49. The van der Waals surface area contributed by atoms with E-state index in [1.165, 1.54) is 6.07 Å². The predicted octanol–water partition coefficient (Wildman–Crippen LogP) is 4.18. The van der Waals surface area contributed by atoms with E-state index in [2.05, 4.69) is 15.0 Å². The minimum atomic E-state index is -3.58. The summed E-state index contributed by atoms with van der Waals surface area (Å²) >= 11 is 13.0. The summed E-state index contributed by atoms with van der Waals surface area (Å²) in [4.78, 5) is 44.6. The van der Waals surface area contributed by atoms with Crippen LogP contribution >= 0.6 is 23.2 Å². The van der Waals surface area contributed by atoms with Crippen LogP contribution in [0.15, 0.2) is 65.5 Å². The lowest BCUT2D eigenvalue weighted by Crippen LogP contribution is -2.59. The van der Waals surface area contributed by atoms with Gasteiger partial charge >= 0.3 is 0 Å². The molecule has 1 aromatic heterocycles. The number of amides is 2. The first-order valence-corrected chi connectivity index (χ1v) is 16.5. The maximum atomic E-state index is 14.3. The van der Waals surface area contributed by atoms with Crippen molar-refractivity contribution in [2.45, 2.75) is 56.1 Å². The van der Waals surface area contributed by atoms with E-state index < -0.39 is 34.1 Å². The average Bonchev–Trinajstić information content (AvgIpc) is 2.93. The van der Waals surface area contributed by atoms with Gasteiger partial charge in [-0.05, 0) is 48.2 Å². The molecule has 5 rings (SSSR count). The van der Waals surface area contributed by atoms with Crippen LogP contribution in [0.5, 0.6) is 0 Å². The molecule has 3 aromatic rings. The van der Waals surface area contributed by atoms with Crippen LogP contribution in [-0.2, 0) is 21.2 Å². The molecule has 3 N–H and O–H groups in total. The lowest BCUT2D eigenvalue weighted by atomic mass is 9.76. The number of benzene rings is 2. The molecular weight excluding hydrogens is 599 g/mol. The number of H-pyrrole nitrogens is 1. The van der Waals surface area contributed by atoms with Gasteiger partial charge in [-0.2, -0.15) is 0 Å². The zero-order valence-corrected chi connectivity index (χ0v) is 25.3. The van der Waals surface area contributed by atoms with Crippen LogP contribution in [0.4, 0.5) is 0 Å². The third kappa shape index (κ3) is 6.57. The Morgan fingerprint density at radius 2 is 1.76 bits per heavy atom. The fourth-order valence-electron chi connectivity index (χ4n) is 6.20. The number of aromatic nitrogens is 1. The van der Waals surface area contributed by atoms with E-state index in [9.17, 15) is 22.8 Å². The fraction of sp³-hybridized carbons (Fsp3) is 0.367. The van der Waals surface area contributed by atoms with Crippen molar-refractivity contribution >= 4 is 45.0 Å². The highest BCUT2D eigenvalue weighted by Crippen LogP contribution is 2.47. The summed E-state index contributed by atoms with van der Waals surface area (Å²) in [5.74, 6) is -1.47. The van der Waals surface area contributed by atoms with Gasteiger partial charge in [-0.25, -0.2) is 13.1 Å². The van der Waals surface area contributed by atoms with Crippen LogP contribution in [0.3, 0.4) is 0 Å².